The Bertz CT molecular complexity index is 779. The Kier molecular flexibility index (Phi) is 6.09. The second-order valence-corrected chi connectivity index (χ2v) is 6.33. The number of nitrogens with zero attached hydrogens (tertiary/aromatic N) is 4. The minimum absolute atomic E-state index is 0.650. The van der Waals surface area contributed by atoms with Crippen LogP contribution >= 0.6 is 0 Å². The molecule has 1 aliphatic rings. The first-order chi connectivity index (χ1) is 12.8. The van der Waals surface area contributed by atoms with Crippen LogP contribution < -0.4 is 9.64 Å². The van der Waals surface area contributed by atoms with Crippen molar-refractivity contribution in [2.24, 2.45) is 0 Å². The van der Waals surface area contributed by atoms with E-state index in [2.05, 4.69) is 21.9 Å². The van der Waals surface area contributed by atoms with Gasteiger partial charge in [-0.15, -0.1) is 0 Å². The fourth-order valence-corrected chi connectivity index (χ4v) is 3.08. The first-order valence-electron chi connectivity index (χ1n) is 8.89. The van der Waals surface area contributed by atoms with Gasteiger partial charge in [-0.05, 0) is 55.0 Å². The van der Waals surface area contributed by atoms with Crippen molar-refractivity contribution in [3.8, 4) is 17.9 Å². The van der Waals surface area contributed by atoms with Gasteiger partial charge in [-0.25, -0.2) is 0 Å². The maximum Gasteiger partial charge on any atom is 0.119 e. The maximum absolute atomic E-state index is 8.88. The third-order valence-corrected chi connectivity index (χ3v) is 4.60. The van der Waals surface area contributed by atoms with Gasteiger partial charge in [0.05, 0.1) is 29.9 Å². The molecule has 0 radical (unpaired) electrons. The zero-order valence-electron chi connectivity index (χ0n) is 14.8. The summed E-state index contributed by atoms with van der Waals surface area (Å²) in [5, 5.41) is 17.7. The average molecular weight is 346 g/mol. The number of hydrogen-bond donors (Lipinski definition) is 0. The second kappa shape index (κ2) is 8.89. The summed E-state index contributed by atoms with van der Waals surface area (Å²) in [6.07, 6.45) is 0.983. The Morgan fingerprint density at radius 2 is 1.38 bits per heavy atom. The Morgan fingerprint density at radius 1 is 0.808 bits per heavy atom. The first kappa shape index (κ1) is 17.8. The number of rotatable bonds is 6. The predicted molar refractivity (Wildman–Crippen MR) is 101 cm³/mol. The smallest absolute Gasteiger partial charge is 0.119 e. The van der Waals surface area contributed by atoms with Crippen LogP contribution in [0.1, 0.15) is 17.5 Å². The lowest BCUT2D eigenvalue weighted by atomic mass is 10.2. The Balaban J connectivity index is 1.36. The summed E-state index contributed by atoms with van der Waals surface area (Å²) in [6.45, 7) is 5.79. The van der Waals surface area contributed by atoms with Gasteiger partial charge in [-0.1, -0.05) is 0 Å². The molecule has 132 valence electrons. The molecule has 0 aromatic heterocycles. The molecule has 2 aromatic rings. The highest BCUT2D eigenvalue weighted by molar-refractivity contribution is 5.50. The molecule has 0 amide bonds. The van der Waals surface area contributed by atoms with E-state index in [-0.39, 0.29) is 0 Å². The molecule has 0 N–H and O–H groups in total. The standard InChI is InChI=1S/C21H22N4O/c22-16-18-2-6-20(7-3-18)25-13-11-24(12-14-25)10-1-15-26-21-8-4-19(17-23)5-9-21/h2-9H,1,10-15H2. The molecule has 0 atom stereocenters. The molecule has 0 saturated carbocycles. The van der Waals surface area contributed by atoms with E-state index < -0.39 is 0 Å². The van der Waals surface area contributed by atoms with Crippen molar-refractivity contribution in [3.05, 3.63) is 59.7 Å². The van der Waals surface area contributed by atoms with Crippen LogP contribution in [0.3, 0.4) is 0 Å². The van der Waals surface area contributed by atoms with E-state index in [9.17, 15) is 0 Å². The Labute approximate surface area is 154 Å². The molecule has 1 heterocycles. The van der Waals surface area contributed by atoms with Crippen molar-refractivity contribution in [3.63, 3.8) is 0 Å². The quantitative estimate of drug-likeness (QED) is 0.752. The van der Waals surface area contributed by atoms with E-state index in [0.29, 0.717) is 17.7 Å². The van der Waals surface area contributed by atoms with Crippen molar-refractivity contribution in [1.29, 1.82) is 10.5 Å². The van der Waals surface area contributed by atoms with Crippen molar-refractivity contribution < 1.29 is 4.74 Å². The molecule has 0 aliphatic carbocycles. The minimum Gasteiger partial charge on any atom is -0.494 e. The fraction of sp³-hybridized carbons (Fsp3) is 0.333. The summed E-state index contributed by atoms with van der Waals surface area (Å²) in [6, 6.07) is 19.3. The van der Waals surface area contributed by atoms with E-state index >= 15 is 0 Å². The molecule has 26 heavy (non-hydrogen) atoms. The van der Waals surface area contributed by atoms with Gasteiger partial charge in [-0.2, -0.15) is 10.5 Å². The molecular weight excluding hydrogens is 324 g/mol. The minimum atomic E-state index is 0.650. The number of benzene rings is 2. The van der Waals surface area contributed by atoms with E-state index in [4.69, 9.17) is 15.3 Å². The lowest BCUT2D eigenvalue weighted by Crippen LogP contribution is -2.46. The van der Waals surface area contributed by atoms with Gasteiger partial charge in [0.2, 0.25) is 0 Å². The van der Waals surface area contributed by atoms with Crippen molar-refractivity contribution in [2.75, 3.05) is 44.2 Å². The second-order valence-electron chi connectivity index (χ2n) is 6.33. The zero-order valence-corrected chi connectivity index (χ0v) is 14.8. The van der Waals surface area contributed by atoms with Crippen LogP contribution in [0, 0.1) is 22.7 Å². The van der Waals surface area contributed by atoms with Crippen LogP contribution in [0.2, 0.25) is 0 Å². The van der Waals surface area contributed by atoms with Crippen molar-refractivity contribution in [2.45, 2.75) is 6.42 Å². The number of piperazine rings is 1. The van der Waals surface area contributed by atoms with E-state index in [1.54, 1.807) is 12.1 Å². The van der Waals surface area contributed by atoms with Crippen LogP contribution in [0.4, 0.5) is 5.69 Å². The number of ether oxygens (including phenoxy) is 1. The summed E-state index contributed by atoms with van der Waals surface area (Å²) in [7, 11) is 0. The van der Waals surface area contributed by atoms with E-state index in [1.807, 2.05) is 36.4 Å². The molecule has 0 unspecified atom stereocenters. The van der Waals surface area contributed by atoms with Crippen LogP contribution in [0.5, 0.6) is 5.75 Å². The number of anilines is 1. The van der Waals surface area contributed by atoms with Crippen LogP contribution in [0.15, 0.2) is 48.5 Å². The largest absolute Gasteiger partial charge is 0.494 e. The lowest BCUT2D eigenvalue weighted by molar-refractivity contribution is 0.225. The number of nitriles is 2. The van der Waals surface area contributed by atoms with Gasteiger partial charge in [0.15, 0.2) is 0 Å². The van der Waals surface area contributed by atoms with Crippen molar-refractivity contribution >= 4 is 5.69 Å². The van der Waals surface area contributed by atoms with Crippen molar-refractivity contribution in [1.82, 2.24) is 4.90 Å². The summed E-state index contributed by atoms with van der Waals surface area (Å²) in [5.41, 5.74) is 2.54. The molecule has 0 spiro atoms. The summed E-state index contributed by atoms with van der Waals surface area (Å²) < 4.78 is 5.74. The molecule has 1 fully saturated rings. The predicted octanol–water partition coefficient (Wildman–Crippen LogP) is 3.02. The molecule has 1 aliphatic heterocycles. The first-order valence-corrected chi connectivity index (χ1v) is 8.89. The molecule has 0 bridgehead atoms. The summed E-state index contributed by atoms with van der Waals surface area (Å²) >= 11 is 0. The van der Waals surface area contributed by atoms with Gasteiger partial charge in [0.25, 0.3) is 0 Å². The van der Waals surface area contributed by atoms with Crippen LogP contribution in [-0.2, 0) is 0 Å². The van der Waals surface area contributed by atoms with E-state index in [1.165, 1.54) is 5.69 Å². The Hall–Kier alpha value is -3.02. The molecule has 5 heteroatoms. The third kappa shape index (κ3) is 4.75. The van der Waals surface area contributed by atoms with Gasteiger partial charge in [0.1, 0.15) is 5.75 Å². The maximum atomic E-state index is 8.88. The SMILES string of the molecule is N#Cc1ccc(OCCCN2CCN(c3ccc(C#N)cc3)CC2)cc1. The monoisotopic (exact) mass is 346 g/mol. The Morgan fingerprint density at radius 3 is 1.96 bits per heavy atom. The van der Waals surface area contributed by atoms with E-state index in [0.717, 1.165) is 44.9 Å². The van der Waals surface area contributed by atoms with Crippen LogP contribution in [-0.4, -0.2) is 44.2 Å². The lowest BCUT2D eigenvalue weighted by Gasteiger charge is -2.36. The van der Waals surface area contributed by atoms with Crippen LogP contribution in [0.25, 0.3) is 0 Å². The van der Waals surface area contributed by atoms with Gasteiger partial charge >= 0.3 is 0 Å². The molecule has 5 nitrogen and oxygen atoms in total. The molecule has 2 aromatic carbocycles. The average Bonchev–Trinajstić information content (AvgIpc) is 2.72. The highest BCUT2D eigenvalue weighted by Gasteiger charge is 2.16. The molecular formula is C21H22N4O. The normalized spacial score (nSPS) is 14.5. The summed E-state index contributed by atoms with van der Waals surface area (Å²) in [5.74, 6) is 0.814. The fourth-order valence-electron chi connectivity index (χ4n) is 3.08. The molecule has 1 saturated heterocycles. The summed E-state index contributed by atoms with van der Waals surface area (Å²) in [4.78, 5) is 4.83. The number of hydrogen-bond acceptors (Lipinski definition) is 5. The van der Waals surface area contributed by atoms with Gasteiger partial charge < -0.3 is 9.64 Å². The zero-order chi connectivity index (χ0) is 18.2. The molecule has 3 rings (SSSR count). The highest BCUT2D eigenvalue weighted by Crippen LogP contribution is 2.17. The topological polar surface area (TPSA) is 63.3 Å². The highest BCUT2D eigenvalue weighted by atomic mass is 16.5. The van der Waals surface area contributed by atoms with Gasteiger partial charge in [0, 0.05) is 38.4 Å². The third-order valence-electron chi connectivity index (χ3n) is 4.60. The van der Waals surface area contributed by atoms with Gasteiger partial charge in [-0.3, -0.25) is 4.90 Å².